The minimum Gasteiger partial charge on any atom is -0.448 e. The average molecular weight is 365 g/mol. The smallest absolute Gasteiger partial charge is 0.306 e. The Bertz CT molecular complexity index is 767. The van der Waals surface area contributed by atoms with Gasteiger partial charge in [0, 0.05) is 30.4 Å². The molecule has 2 aromatic carbocycles. The van der Waals surface area contributed by atoms with Crippen LogP contribution in [-0.4, -0.2) is 19.1 Å². The van der Waals surface area contributed by atoms with Crippen molar-refractivity contribution < 1.29 is 14.4 Å². The van der Waals surface area contributed by atoms with E-state index in [0.29, 0.717) is 6.42 Å². The highest BCUT2D eigenvalue weighted by Gasteiger charge is 2.43. The van der Waals surface area contributed by atoms with Crippen LogP contribution >= 0.6 is 0 Å². The van der Waals surface area contributed by atoms with Gasteiger partial charge in [0.1, 0.15) is 13.1 Å². The maximum Gasteiger partial charge on any atom is 0.306 e. The van der Waals surface area contributed by atoms with Crippen LogP contribution in [0.2, 0.25) is 0 Å². The third-order valence-corrected chi connectivity index (χ3v) is 6.03. The number of hydrogen-bond donors (Lipinski definition) is 1. The first kappa shape index (κ1) is 18.2. The standard InChI is InChI=1S/C24H29NO2/c1-2-23(26)27-24(22-13-11-21(12-14-22)20-9-10-20)15-6-16-25(18-24)17-19-7-4-3-5-8-19/h3-5,7-8,11-14,20H,2,6,9-10,15-18H2,1H3/p+1/t24-/m0/s1. The molecule has 27 heavy (non-hydrogen) atoms. The number of piperidine rings is 1. The second-order valence-corrected chi connectivity index (χ2v) is 8.16. The fraction of sp³-hybridized carbons (Fsp3) is 0.458. The van der Waals surface area contributed by atoms with Crippen LogP contribution in [0.4, 0.5) is 0 Å². The molecule has 4 rings (SSSR count). The number of rotatable bonds is 6. The van der Waals surface area contributed by atoms with Crippen molar-refractivity contribution in [3.8, 4) is 0 Å². The fourth-order valence-corrected chi connectivity index (χ4v) is 4.40. The van der Waals surface area contributed by atoms with Crippen molar-refractivity contribution in [1.29, 1.82) is 0 Å². The molecular formula is C24H30NO2+. The average Bonchev–Trinajstić information content (AvgIpc) is 3.54. The topological polar surface area (TPSA) is 30.7 Å². The van der Waals surface area contributed by atoms with E-state index in [1.54, 1.807) is 0 Å². The first-order valence-corrected chi connectivity index (χ1v) is 10.4. The van der Waals surface area contributed by atoms with Gasteiger partial charge in [0.25, 0.3) is 0 Å². The van der Waals surface area contributed by atoms with Crippen LogP contribution in [0.15, 0.2) is 54.6 Å². The lowest BCUT2D eigenvalue weighted by Crippen LogP contribution is -3.13. The third-order valence-electron chi connectivity index (χ3n) is 6.03. The first-order chi connectivity index (χ1) is 13.2. The van der Waals surface area contributed by atoms with Gasteiger partial charge in [0.05, 0.1) is 6.54 Å². The lowest BCUT2D eigenvalue weighted by Gasteiger charge is -2.40. The Balaban J connectivity index is 1.58. The molecule has 0 amide bonds. The molecule has 3 heteroatoms. The summed E-state index contributed by atoms with van der Waals surface area (Å²) in [4.78, 5) is 13.8. The highest BCUT2D eigenvalue weighted by Crippen LogP contribution is 2.41. The Labute approximate surface area is 162 Å². The maximum atomic E-state index is 12.3. The molecule has 1 heterocycles. The molecule has 2 fully saturated rings. The second-order valence-electron chi connectivity index (χ2n) is 8.16. The van der Waals surface area contributed by atoms with Crippen LogP contribution in [0.1, 0.15) is 61.6 Å². The summed E-state index contributed by atoms with van der Waals surface area (Å²) in [6.45, 7) is 4.83. The van der Waals surface area contributed by atoms with Crippen LogP contribution in [0.3, 0.4) is 0 Å². The summed E-state index contributed by atoms with van der Waals surface area (Å²) < 4.78 is 6.14. The van der Waals surface area contributed by atoms with Gasteiger partial charge in [-0.05, 0) is 24.3 Å². The van der Waals surface area contributed by atoms with Gasteiger partial charge in [-0.25, -0.2) is 0 Å². The summed E-state index contributed by atoms with van der Waals surface area (Å²) in [5, 5.41) is 0. The summed E-state index contributed by atoms with van der Waals surface area (Å²) in [6, 6.07) is 19.5. The molecule has 1 unspecified atom stereocenters. The van der Waals surface area contributed by atoms with Crippen molar-refractivity contribution >= 4 is 5.97 Å². The number of esters is 1. The second kappa shape index (κ2) is 7.85. The normalized spacial score (nSPS) is 25.1. The number of benzene rings is 2. The van der Waals surface area contributed by atoms with Crippen molar-refractivity contribution in [3.63, 3.8) is 0 Å². The van der Waals surface area contributed by atoms with E-state index in [9.17, 15) is 4.79 Å². The highest BCUT2D eigenvalue weighted by atomic mass is 16.6. The van der Waals surface area contributed by atoms with E-state index < -0.39 is 5.60 Å². The van der Waals surface area contributed by atoms with E-state index in [1.807, 2.05) is 6.92 Å². The summed E-state index contributed by atoms with van der Waals surface area (Å²) in [5.41, 5.74) is 3.45. The number of likely N-dealkylation sites (tertiary alicyclic amines) is 1. The number of carbonyl (C=O) groups is 1. The summed E-state index contributed by atoms with van der Waals surface area (Å²) in [7, 11) is 0. The van der Waals surface area contributed by atoms with Gasteiger partial charge >= 0.3 is 5.97 Å². The zero-order valence-electron chi connectivity index (χ0n) is 16.2. The summed E-state index contributed by atoms with van der Waals surface area (Å²) in [6.07, 6.45) is 5.04. The van der Waals surface area contributed by atoms with Gasteiger partial charge in [-0.15, -0.1) is 0 Å². The molecule has 2 aromatic rings. The minimum absolute atomic E-state index is 0.0952. The molecule has 2 atom stereocenters. The number of nitrogens with one attached hydrogen (secondary N) is 1. The van der Waals surface area contributed by atoms with Crippen molar-refractivity contribution in [2.45, 2.75) is 57.1 Å². The number of hydrogen-bond acceptors (Lipinski definition) is 2. The molecule has 1 aliphatic heterocycles. The van der Waals surface area contributed by atoms with Gasteiger partial charge in [-0.1, -0.05) is 61.5 Å². The zero-order valence-corrected chi connectivity index (χ0v) is 16.2. The summed E-state index contributed by atoms with van der Waals surface area (Å²) >= 11 is 0. The number of quaternary nitrogens is 1. The molecule has 1 saturated heterocycles. The van der Waals surface area contributed by atoms with E-state index in [4.69, 9.17) is 4.74 Å². The molecule has 0 radical (unpaired) electrons. The highest BCUT2D eigenvalue weighted by molar-refractivity contribution is 5.69. The molecule has 0 aromatic heterocycles. The van der Waals surface area contributed by atoms with Gasteiger partial charge in [0.2, 0.25) is 0 Å². The Morgan fingerprint density at radius 3 is 2.52 bits per heavy atom. The molecule has 142 valence electrons. The first-order valence-electron chi connectivity index (χ1n) is 10.4. The van der Waals surface area contributed by atoms with Crippen LogP contribution in [-0.2, 0) is 21.7 Å². The van der Waals surface area contributed by atoms with Gasteiger partial charge in [-0.2, -0.15) is 0 Å². The van der Waals surface area contributed by atoms with E-state index in [0.717, 1.165) is 38.4 Å². The molecule has 0 spiro atoms. The summed E-state index contributed by atoms with van der Waals surface area (Å²) in [5.74, 6) is 0.655. The van der Waals surface area contributed by atoms with Gasteiger partial charge in [-0.3, -0.25) is 4.79 Å². The minimum atomic E-state index is -0.489. The molecule has 1 aliphatic carbocycles. The molecule has 1 N–H and O–H groups in total. The molecular weight excluding hydrogens is 334 g/mol. The Morgan fingerprint density at radius 2 is 1.85 bits per heavy atom. The molecule has 2 aliphatic rings. The van der Waals surface area contributed by atoms with Crippen LogP contribution in [0, 0.1) is 0 Å². The van der Waals surface area contributed by atoms with Crippen LogP contribution < -0.4 is 4.90 Å². The van der Waals surface area contributed by atoms with Crippen molar-refractivity contribution in [2.24, 2.45) is 0 Å². The molecule has 1 saturated carbocycles. The van der Waals surface area contributed by atoms with Crippen LogP contribution in [0.5, 0.6) is 0 Å². The lowest BCUT2D eigenvalue weighted by molar-refractivity contribution is -0.926. The molecule has 0 bridgehead atoms. The maximum absolute atomic E-state index is 12.3. The quantitative estimate of drug-likeness (QED) is 0.794. The largest absolute Gasteiger partial charge is 0.448 e. The predicted molar refractivity (Wildman–Crippen MR) is 107 cm³/mol. The number of ether oxygens (including phenoxy) is 1. The lowest BCUT2D eigenvalue weighted by atomic mass is 9.84. The van der Waals surface area contributed by atoms with E-state index in [-0.39, 0.29) is 5.97 Å². The Morgan fingerprint density at radius 1 is 1.11 bits per heavy atom. The van der Waals surface area contributed by atoms with Gasteiger partial charge in [0.15, 0.2) is 5.60 Å². The SMILES string of the molecule is CCC(=O)O[C@@]1(c2ccc(C3CC3)cc2)CCC[NH+](Cc2ccccc2)C1. The van der Waals surface area contributed by atoms with E-state index in [1.165, 1.54) is 34.4 Å². The Hall–Kier alpha value is -2.13. The monoisotopic (exact) mass is 364 g/mol. The van der Waals surface area contributed by atoms with E-state index in [2.05, 4.69) is 54.6 Å². The fourth-order valence-electron chi connectivity index (χ4n) is 4.40. The van der Waals surface area contributed by atoms with Crippen LogP contribution in [0.25, 0.3) is 0 Å². The Kier molecular flexibility index (Phi) is 5.31. The number of carbonyl (C=O) groups excluding carboxylic acids is 1. The van der Waals surface area contributed by atoms with E-state index >= 15 is 0 Å². The van der Waals surface area contributed by atoms with Crippen molar-refractivity contribution in [2.75, 3.05) is 13.1 Å². The molecule has 3 nitrogen and oxygen atoms in total. The van der Waals surface area contributed by atoms with Crippen molar-refractivity contribution in [3.05, 3.63) is 71.3 Å². The van der Waals surface area contributed by atoms with Gasteiger partial charge < -0.3 is 9.64 Å². The zero-order chi connectivity index (χ0) is 18.7. The predicted octanol–water partition coefficient (Wildman–Crippen LogP) is 3.59. The van der Waals surface area contributed by atoms with Crippen molar-refractivity contribution in [1.82, 2.24) is 0 Å². The third kappa shape index (κ3) is 4.24.